The number of carbonyl (C=O) groups is 1. The van der Waals surface area contributed by atoms with Crippen LogP contribution >= 0.6 is 35.4 Å². The van der Waals surface area contributed by atoms with Crippen LogP contribution in [0.5, 0.6) is 11.5 Å². The number of carbonyl (C=O) groups excluding carboxylic acids is 1. The standard InChI is InChI=1S/C24H19Cl2N3O4S/c1-11-6-12(2)20-18(7-11)28-23(33-20)15-10-14(4-5-19(15)30)27-24(34)29-22(31)13-8-16(25)21(32-3)17(26)9-13/h4-10,30H,1-3H3,(H2,27,29,31,34). The number of methoxy groups -OCH3 is 1. The lowest BCUT2D eigenvalue weighted by Crippen LogP contribution is -2.34. The van der Waals surface area contributed by atoms with E-state index in [0.29, 0.717) is 22.4 Å². The molecule has 4 rings (SSSR count). The Kier molecular flexibility index (Phi) is 6.65. The SMILES string of the molecule is COc1c(Cl)cc(C(=O)NC(=S)Nc2ccc(O)c(-c3nc4cc(C)cc(C)c4o3)c2)cc1Cl. The van der Waals surface area contributed by atoms with Crippen LogP contribution < -0.4 is 15.4 Å². The number of halogens is 2. The van der Waals surface area contributed by atoms with E-state index in [1.54, 1.807) is 12.1 Å². The Bertz CT molecular complexity index is 1430. The van der Waals surface area contributed by atoms with Crippen LogP contribution in [-0.4, -0.2) is 28.2 Å². The molecular formula is C24H19Cl2N3O4S. The normalized spacial score (nSPS) is 10.9. The van der Waals surface area contributed by atoms with Crippen molar-refractivity contribution in [2.75, 3.05) is 12.4 Å². The minimum atomic E-state index is -0.507. The molecule has 0 radical (unpaired) electrons. The third-order valence-corrected chi connectivity index (χ3v) is 5.76. The summed E-state index contributed by atoms with van der Waals surface area (Å²) in [6.45, 7) is 3.91. The van der Waals surface area contributed by atoms with E-state index in [2.05, 4.69) is 15.6 Å². The number of nitrogens with one attached hydrogen (secondary N) is 2. The molecule has 0 aliphatic carbocycles. The number of phenolic OH excluding ortho intramolecular Hbond substituents is 1. The highest BCUT2D eigenvalue weighted by Gasteiger charge is 2.17. The lowest BCUT2D eigenvalue weighted by Gasteiger charge is -2.12. The number of hydrogen-bond acceptors (Lipinski definition) is 6. The third kappa shape index (κ3) is 4.79. The fraction of sp³-hybridized carbons (Fsp3) is 0.125. The molecule has 1 amide bonds. The van der Waals surface area contributed by atoms with E-state index in [4.69, 9.17) is 44.6 Å². The Balaban J connectivity index is 1.54. The van der Waals surface area contributed by atoms with Crippen LogP contribution in [0.4, 0.5) is 5.69 Å². The van der Waals surface area contributed by atoms with Gasteiger partial charge in [-0.1, -0.05) is 29.3 Å². The molecule has 0 unspecified atom stereocenters. The Labute approximate surface area is 210 Å². The molecule has 3 aromatic carbocycles. The van der Waals surface area contributed by atoms with Gasteiger partial charge in [0.1, 0.15) is 11.3 Å². The molecule has 0 atom stereocenters. The molecule has 7 nitrogen and oxygen atoms in total. The number of ether oxygens (including phenoxy) is 1. The number of aromatic hydroxyl groups is 1. The number of phenols is 1. The Morgan fingerprint density at radius 3 is 2.50 bits per heavy atom. The molecule has 0 spiro atoms. The molecule has 3 N–H and O–H groups in total. The second-order valence-corrected chi connectivity index (χ2v) is 8.79. The maximum atomic E-state index is 12.6. The first-order valence-electron chi connectivity index (χ1n) is 10.0. The molecule has 0 bridgehead atoms. The predicted molar refractivity (Wildman–Crippen MR) is 137 cm³/mol. The fourth-order valence-electron chi connectivity index (χ4n) is 3.50. The van der Waals surface area contributed by atoms with Crippen molar-refractivity contribution < 1.29 is 19.1 Å². The molecule has 0 fully saturated rings. The number of thiocarbonyl (C=S) groups is 1. The van der Waals surface area contributed by atoms with Gasteiger partial charge >= 0.3 is 0 Å². The Morgan fingerprint density at radius 1 is 1.12 bits per heavy atom. The molecular weight excluding hydrogens is 497 g/mol. The molecule has 174 valence electrons. The van der Waals surface area contributed by atoms with Gasteiger partial charge in [0.15, 0.2) is 16.4 Å². The van der Waals surface area contributed by atoms with Gasteiger partial charge in [-0.2, -0.15) is 0 Å². The van der Waals surface area contributed by atoms with Crippen molar-refractivity contribution in [3.8, 4) is 23.0 Å². The Morgan fingerprint density at radius 2 is 1.82 bits per heavy atom. The second-order valence-electron chi connectivity index (χ2n) is 7.56. The number of rotatable bonds is 4. The number of aryl methyl sites for hydroxylation is 2. The van der Waals surface area contributed by atoms with Gasteiger partial charge in [0.25, 0.3) is 5.91 Å². The summed E-state index contributed by atoms with van der Waals surface area (Å²) < 4.78 is 11.0. The van der Waals surface area contributed by atoms with Crippen molar-refractivity contribution in [1.82, 2.24) is 10.3 Å². The van der Waals surface area contributed by atoms with Gasteiger partial charge in [-0.3, -0.25) is 10.1 Å². The Hall–Kier alpha value is -3.33. The van der Waals surface area contributed by atoms with Crippen LogP contribution in [0.3, 0.4) is 0 Å². The number of amides is 1. The van der Waals surface area contributed by atoms with Crippen molar-refractivity contribution in [2.45, 2.75) is 13.8 Å². The summed E-state index contributed by atoms with van der Waals surface area (Å²) in [5, 5.41) is 16.3. The molecule has 0 saturated heterocycles. The summed E-state index contributed by atoms with van der Waals surface area (Å²) in [5.41, 5.74) is 4.46. The summed E-state index contributed by atoms with van der Waals surface area (Å²) in [7, 11) is 1.43. The minimum Gasteiger partial charge on any atom is -0.507 e. The number of hydrogen-bond donors (Lipinski definition) is 3. The molecule has 4 aromatic rings. The highest BCUT2D eigenvalue weighted by molar-refractivity contribution is 7.80. The maximum absolute atomic E-state index is 12.6. The van der Waals surface area contributed by atoms with Gasteiger partial charge < -0.3 is 19.6 Å². The summed E-state index contributed by atoms with van der Waals surface area (Å²) in [4.78, 5) is 17.1. The zero-order chi connectivity index (χ0) is 24.6. The molecule has 1 heterocycles. The van der Waals surface area contributed by atoms with Crippen LogP contribution in [0.1, 0.15) is 21.5 Å². The molecule has 34 heavy (non-hydrogen) atoms. The van der Waals surface area contributed by atoms with Crippen LogP contribution in [0, 0.1) is 13.8 Å². The van der Waals surface area contributed by atoms with Gasteiger partial charge in [-0.25, -0.2) is 4.98 Å². The first-order chi connectivity index (χ1) is 16.2. The zero-order valence-electron chi connectivity index (χ0n) is 18.3. The molecule has 0 aliphatic rings. The lowest BCUT2D eigenvalue weighted by atomic mass is 10.1. The average Bonchev–Trinajstić information content (AvgIpc) is 3.19. The van der Waals surface area contributed by atoms with Crippen molar-refractivity contribution >= 4 is 63.2 Å². The zero-order valence-corrected chi connectivity index (χ0v) is 20.7. The highest BCUT2D eigenvalue weighted by atomic mass is 35.5. The average molecular weight is 516 g/mol. The molecule has 1 aromatic heterocycles. The maximum Gasteiger partial charge on any atom is 0.257 e. The number of benzene rings is 3. The van der Waals surface area contributed by atoms with Crippen molar-refractivity contribution in [3.63, 3.8) is 0 Å². The monoisotopic (exact) mass is 515 g/mol. The van der Waals surface area contributed by atoms with Gasteiger partial charge in [0.05, 0.1) is 22.7 Å². The number of nitrogens with zero attached hydrogens (tertiary/aromatic N) is 1. The summed E-state index contributed by atoms with van der Waals surface area (Å²) in [6.07, 6.45) is 0. The van der Waals surface area contributed by atoms with Crippen LogP contribution in [0.2, 0.25) is 10.0 Å². The first-order valence-corrected chi connectivity index (χ1v) is 11.2. The fourth-order valence-corrected chi connectivity index (χ4v) is 4.35. The van der Waals surface area contributed by atoms with Gasteiger partial charge in [0.2, 0.25) is 5.89 Å². The summed E-state index contributed by atoms with van der Waals surface area (Å²) >= 11 is 17.5. The van der Waals surface area contributed by atoms with E-state index in [0.717, 1.165) is 11.1 Å². The van der Waals surface area contributed by atoms with E-state index in [1.165, 1.54) is 25.3 Å². The van der Waals surface area contributed by atoms with Gasteiger partial charge in [-0.15, -0.1) is 0 Å². The smallest absolute Gasteiger partial charge is 0.257 e. The van der Waals surface area contributed by atoms with Crippen LogP contribution in [-0.2, 0) is 0 Å². The van der Waals surface area contributed by atoms with Crippen LogP contribution in [0.25, 0.3) is 22.6 Å². The number of fused-ring (bicyclic) bond motifs is 1. The molecule has 10 heteroatoms. The quantitative estimate of drug-likeness (QED) is 0.218. The van der Waals surface area contributed by atoms with Crippen molar-refractivity contribution in [3.05, 3.63) is 69.2 Å². The number of anilines is 1. The summed E-state index contributed by atoms with van der Waals surface area (Å²) in [5.74, 6) is 0.0285. The van der Waals surface area contributed by atoms with E-state index < -0.39 is 5.91 Å². The van der Waals surface area contributed by atoms with E-state index in [9.17, 15) is 9.90 Å². The molecule has 0 saturated carbocycles. The second kappa shape index (κ2) is 9.50. The predicted octanol–water partition coefficient (Wildman–Crippen LogP) is 6.26. The lowest BCUT2D eigenvalue weighted by molar-refractivity contribution is 0.0977. The highest BCUT2D eigenvalue weighted by Crippen LogP contribution is 2.35. The van der Waals surface area contributed by atoms with E-state index in [-0.39, 0.29) is 38.1 Å². The minimum absolute atomic E-state index is 0.0102. The molecule has 0 aliphatic heterocycles. The largest absolute Gasteiger partial charge is 0.507 e. The van der Waals surface area contributed by atoms with Gasteiger partial charge in [-0.05, 0) is 73.6 Å². The van der Waals surface area contributed by atoms with Crippen LogP contribution in [0.15, 0.2) is 46.9 Å². The van der Waals surface area contributed by atoms with Crippen molar-refractivity contribution in [2.24, 2.45) is 0 Å². The topological polar surface area (TPSA) is 96.6 Å². The summed E-state index contributed by atoms with van der Waals surface area (Å²) in [6, 6.07) is 11.5. The van der Waals surface area contributed by atoms with E-state index in [1.807, 2.05) is 26.0 Å². The number of aromatic nitrogens is 1. The third-order valence-electron chi connectivity index (χ3n) is 5.00. The van der Waals surface area contributed by atoms with E-state index >= 15 is 0 Å². The first kappa shape index (κ1) is 23.8. The van der Waals surface area contributed by atoms with Crippen molar-refractivity contribution in [1.29, 1.82) is 0 Å². The van der Waals surface area contributed by atoms with Gasteiger partial charge in [0, 0.05) is 11.3 Å². The number of oxazole rings is 1.